The number of carbonyl (C=O) groups is 1. The summed E-state index contributed by atoms with van der Waals surface area (Å²) in [7, 11) is 0. The molecule has 0 bridgehead atoms. The predicted molar refractivity (Wildman–Crippen MR) is 107 cm³/mol. The number of nitrogens with one attached hydrogen (secondary N) is 1. The highest BCUT2D eigenvalue weighted by Crippen LogP contribution is 2.31. The molecule has 0 saturated heterocycles. The Kier molecular flexibility index (Phi) is 4.49. The number of benzene rings is 2. The van der Waals surface area contributed by atoms with Gasteiger partial charge in [-0.1, -0.05) is 12.1 Å². The number of fused-ring (bicyclic) bond motifs is 1. The second-order valence-corrected chi connectivity index (χ2v) is 7.50. The molecule has 0 fully saturated rings. The topological polar surface area (TPSA) is 46.9 Å². The Morgan fingerprint density at radius 2 is 1.96 bits per heavy atom. The average Bonchev–Trinajstić information content (AvgIpc) is 3.20. The summed E-state index contributed by atoms with van der Waals surface area (Å²) in [6, 6.07) is 12.4. The van der Waals surface area contributed by atoms with Crippen LogP contribution >= 0.6 is 11.3 Å². The van der Waals surface area contributed by atoms with Gasteiger partial charge in [0.25, 0.3) is 5.91 Å². The molecule has 0 aliphatic carbocycles. The first kappa shape index (κ1) is 17.4. The monoisotopic (exact) mass is 379 g/mol. The van der Waals surface area contributed by atoms with E-state index in [1.807, 2.05) is 44.3 Å². The summed E-state index contributed by atoms with van der Waals surface area (Å²) in [5.74, 6) is 0.496. The largest absolute Gasteiger partial charge is 0.331 e. The van der Waals surface area contributed by atoms with Crippen molar-refractivity contribution in [3.8, 4) is 0 Å². The Labute approximate surface area is 160 Å². The van der Waals surface area contributed by atoms with Gasteiger partial charge in [0, 0.05) is 29.3 Å². The molecular weight excluding hydrogens is 361 g/mol. The summed E-state index contributed by atoms with van der Waals surface area (Å²) in [5.41, 5.74) is 2.66. The Morgan fingerprint density at radius 1 is 1.19 bits per heavy atom. The van der Waals surface area contributed by atoms with Crippen LogP contribution in [0.5, 0.6) is 0 Å². The molecule has 2 aromatic carbocycles. The van der Waals surface area contributed by atoms with E-state index in [2.05, 4.69) is 14.9 Å². The molecule has 0 radical (unpaired) electrons. The fourth-order valence-corrected chi connectivity index (χ4v) is 4.14. The van der Waals surface area contributed by atoms with Crippen molar-refractivity contribution < 1.29 is 9.18 Å². The number of imidazole rings is 1. The van der Waals surface area contributed by atoms with Gasteiger partial charge in [-0.2, -0.15) is 0 Å². The van der Waals surface area contributed by atoms with E-state index in [0.29, 0.717) is 4.88 Å². The van der Waals surface area contributed by atoms with Crippen molar-refractivity contribution in [3.63, 3.8) is 0 Å². The minimum absolute atomic E-state index is 0.174. The summed E-state index contributed by atoms with van der Waals surface area (Å²) in [5, 5.41) is 3.72. The molecule has 1 N–H and O–H groups in total. The normalized spacial score (nSPS) is 11.1. The first-order valence-electron chi connectivity index (χ1n) is 8.58. The van der Waals surface area contributed by atoms with Crippen LogP contribution in [0.2, 0.25) is 0 Å². The van der Waals surface area contributed by atoms with Crippen molar-refractivity contribution in [1.82, 2.24) is 9.55 Å². The van der Waals surface area contributed by atoms with E-state index >= 15 is 0 Å². The maximum Gasteiger partial charge on any atom is 0.266 e. The average molecular weight is 379 g/mol. The lowest BCUT2D eigenvalue weighted by Crippen LogP contribution is -2.11. The molecule has 4 nitrogen and oxygen atoms in total. The van der Waals surface area contributed by atoms with E-state index in [4.69, 9.17) is 0 Å². The van der Waals surface area contributed by atoms with Gasteiger partial charge in [-0.05, 0) is 60.7 Å². The number of aromatic nitrogens is 2. The number of halogens is 1. The minimum Gasteiger partial charge on any atom is -0.331 e. The second kappa shape index (κ2) is 6.96. The Balaban J connectivity index is 1.51. The second-order valence-electron chi connectivity index (χ2n) is 6.45. The summed E-state index contributed by atoms with van der Waals surface area (Å²) >= 11 is 1.38. The van der Waals surface area contributed by atoms with Gasteiger partial charge in [0.1, 0.15) is 11.6 Å². The summed E-state index contributed by atoms with van der Waals surface area (Å²) < 4.78 is 16.4. The van der Waals surface area contributed by atoms with Crippen LogP contribution in [0.25, 0.3) is 10.1 Å². The number of hydrogen-bond donors (Lipinski definition) is 1. The van der Waals surface area contributed by atoms with Crippen LogP contribution in [-0.2, 0) is 6.54 Å². The SMILES string of the molecule is Cc1c(C(=O)Nc2ccc(Cn3ccnc3C)cc2)sc2ccc(F)cc12. The molecule has 0 spiro atoms. The van der Waals surface area contributed by atoms with Gasteiger partial charge >= 0.3 is 0 Å². The molecule has 4 rings (SSSR count). The van der Waals surface area contributed by atoms with Gasteiger partial charge in [-0.25, -0.2) is 9.37 Å². The molecule has 2 aromatic heterocycles. The number of carbonyl (C=O) groups excluding carboxylic acids is 1. The van der Waals surface area contributed by atoms with Crippen LogP contribution in [0.3, 0.4) is 0 Å². The molecule has 4 aromatic rings. The zero-order valence-electron chi connectivity index (χ0n) is 15.0. The number of rotatable bonds is 4. The van der Waals surface area contributed by atoms with Crippen LogP contribution < -0.4 is 5.32 Å². The van der Waals surface area contributed by atoms with Crippen molar-refractivity contribution in [2.75, 3.05) is 5.32 Å². The fraction of sp³-hybridized carbons (Fsp3) is 0.143. The maximum atomic E-state index is 13.5. The van der Waals surface area contributed by atoms with Crippen molar-refractivity contribution in [2.45, 2.75) is 20.4 Å². The van der Waals surface area contributed by atoms with Gasteiger partial charge in [0.05, 0.1) is 4.88 Å². The zero-order valence-corrected chi connectivity index (χ0v) is 15.8. The van der Waals surface area contributed by atoms with Gasteiger partial charge in [-0.15, -0.1) is 11.3 Å². The van der Waals surface area contributed by atoms with Crippen molar-refractivity contribution >= 4 is 33.0 Å². The lowest BCUT2D eigenvalue weighted by molar-refractivity contribution is 0.103. The molecule has 0 atom stereocenters. The lowest BCUT2D eigenvalue weighted by atomic mass is 10.1. The third-order valence-corrected chi connectivity index (χ3v) is 5.86. The standard InChI is InChI=1S/C21H18FN3OS/c1-13-18-11-16(22)5-8-19(18)27-20(13)21(26)24-17-6-3-15(4-7-17)12-25-10-9-23-14(25)2/h3-11H,12H2,1-2H3,(H,24,26). The molecule has 136 valence electrons. The van der Waals surface area contributed by atoms with E-state index < -0.39 is 0 Å². The number of amides is 1. The van der Waals surface area contributed by atoms with Crippen LogP contribution in [-0.4, -0.2) is 15.5 Å². The van der Waals surface area contributed by atoms with Crippen molar-refractivity contribution in [2.24, 2.45) is 0 Å². The van der Waals surface area contributed by atoms with Gasteiger partial charge in [0.2, 0.25) is 0 Å². The molecule has 0 unspecified atom stereocenters. The van der Waals surface area contributed by atoms with Crippen LogP contribution in [0.1, 0.15) is 26.6 Å². The third-order valence-electron chi connectivity index (χ3n) is 4.59. The highest BCUT2D eigenvalue weighted by molar-refractivity contribution is 7.21. The summed E-state index contributed by atoms with van der Waals surface area (Å²) in [4.78, 5) is 17.5. The van der Waals surface area contributed by atoms with Crippen LogP contribution in [0.4, 0.5) is 10.1 Å². The first-order chi connectivity index (χ1) is 13.0. The summed E-state index contributed by atoms with van der Waals surface area (Å²) in [6.45, 7) is 4.55. The molecular formula is C21H18FN3OS. The molecule has 0 aliphatic heterocycles. The molecule has 2 heterocycles. The maximum absolute atomic E-state index is 13.5. The number of anilines is 1. The van der Waals surface area contributed by atoms with Gasteiger partial charge < -0.3 is 9.88 Å². The fourth-order valence-electron chi connectivity index (χ4n) is 3.06. The number of nitrogens with zero attached hydrogens (tertiary/aromatic N) is 2. The van der Waals surface area contributed by atoms with E-state index in [1.165, 1.54) is 23.5 Å². The quantitative estimate of drug-likeness (QED) is 0.533. The van der Waals surface area contributed by atoms with Crippen LogP contribution in [0.15, 0.2) is 54.9 Å². The Morgan fingerprint density at radius 3 is 2.67 bits per heavy atom. The molecule has 27 heavy (non-hydrogen) atoms. The molecule has 1 amide bonds. The number of thiophene rings is 1. The molecule has 0 saturated carbocycles. The predicted octanol–water partition coefficient (Wildman–Crippen LogP) is 5.15. The number of aryl methyl sites for hydroxylation is 2. The molecule has 0 aliphatic rings. The van der Waals surface area contributed by atoms with E-state index in [0.717, 1.165) is 39.3 Å². The highest BCUT2D eigenvalue weighted by Gasteiger charge is 2.16. The summed E-state index contributed by atoms with van der Waals surface area (Å²) in [6.07, 6.45) is 3.72. The molecule has 6 heteroatoms. The third kappa shape index (κ3) is 3.48. The lowest BCUT2D eigenvalue weighted by Gasteiger charge is -2.08. The van der Waals surface area contributed by atoms with Crippen LogP contribution in [0, 0.1) is 19.7 Å². The van der Waals surface area contributed by atoms with E-state index in [-0.39, 0.29) is 11.7 Å². The number of hydrogen-bond acceptors (Lipinski definition) is 3. The van der Waals surface area contributed by atoms with Gasteiger partial charge in [0.15, 0.2) is 0 Å². The van der Waals surface area contributed by atoms with Crippen molar-refractivity contribution in [3.05, 3.63) is 82.5 Å². The van der Waals surface area contributed by atoms with Crippen molar-refractivity contribution in [1.29, 1.82) is 0 Å². The smallest absolute Gasteiger partial charge is 0.266 e. The Hall–Kier alpha value is -2.99. The van der Waals surface area contributed by atoms with E-state index in [1.54, 1.807) is 12.3 Å². The first-order valence-corrected chi connectivity index (χ1v) is 9.39. The minimum atomic E-state index is -0.293. The zero-order chi connectivity index (χ0) is 19.0. The van der Waals surface area contributed by atoms with Gasteiger partial charge in [-0.3, -0.25) is 4.79 Å². The highest BCUT2D eigenvalue weighted by atomic mass is 32.1. The van der Waals surface area contributed by atoms with E-state index in [9.17, 15) is 9.18 Å². The Bertz CT molecular complexity index is 1130.